The first-order chi connectivity index (χ1) is 28.2. The number of thiazole rings is 1. The van der Waals surface area contributed by atoms with Gasteiger partial charge < -0.3 is 50.8 Å². The summed E-state index contributed by atoms with van der Waals surface area (Å²) >= 11 is 1.46. The minimum Gasteiger partial charge on any atom is -0.482 e. The van der Waals surface area contributed by atoms with E-state index in [0.29, 0.717) is 93.0 Å². The standard InChI is InChI=1S/C41H47N7O9S/c42-34(22-32-25-58-26-45-32)40(52)44-13-15-55-17-19-56-18-16-54-14-12-43-38(50)29-2-1-3-31(20-29)46-39(51)28-6-4-27(5-7-28)23-48(33-9-10-33)41(53)30-8-11-35-36(21-30)57-24-37(49)47-35/h1-8,11,20-21,25-26,33-34H,9-10,12-19,22-24,42H2,(H,43,50)(H,44,52)(H,46,51)(H,47,49). The lowest BCUT2D eigenvalue weighted by molar-refractivity contribution is -0.122. The molecule has 6 N–H and O–H groups in total. The average molecular weight is 814 g/mol. The van der Waals surface area contributed by atoms with Crippen molar-refractivity contribution in [1.82, 2.24) is 20.5 Å². The van der Waals surface area contributed by atoms with Crippen LogP contribution in [0.1, 0.15) is 55.2 Å². The van der Waals surface area contributed by atoms with Gasteiger partial charge in [-0.25, -0.2) is 4.98 Å². The van der Waals surface area contributed by atoms with E-state index in [1.165, 1.54) is 11.3 Å². The Kier molecular flexibility index (Phi) is 15.3. The summed E-state index contributed by atoms with van der Waals surface area (Å²) in [4.78, 5) is 69.0. The smallest absolute Gasteiger partial charge is 0.262 e. The van der Waals surface area contributed by atoms with Crippen LogP contribution in [0.3, 0.4) is 0 Å². The number of rotatable bonds is 22. The van der Waals surface area contributed by atoms with Gasteiger partial charge >= 0.3 is 0 Å². The highest BCUT2D eigenvalue weighted by atomic mass is 32.1. The van der Waals surface area contributed by atoms with Crippen LogP contribution in [0.4, 0.5) is 11.4 Å². The van der Waals surface area contributed by atoms with Crippen LogP contribution in [0, 0.1) is 0 Å². The molecule has 16 nitrogen and oxygen atoms in total. The molecule has 2 heterocycles. The van der Waals surface area contributed by atoms with Gasteiger partial charge in [-0.2, -0.15) is 0 Å². The van der Waals surface area contributed by atoms with Gasteiger partial charge in [0.25, 0.3) is 23.6 Å². The minimum absolute atomic E-state index is 0.0922. The molecule has 5 amide bonds. The Morgan fingerprint density at radius 1 is 0.862 bits per heavy atom. The number of ether oxygens (including phenoxy) is 4. The number of carbonyl (C=O) groups excluding carboxylic acids is 5. The van der Waals surface area contributed by atoms with Crippen molar-refractivity contribution in [1.29, 1.82) is 0 Å². The number of nitrogens with zero attached hydrogens (tertiary/aromatic N) is 2. The number of amides is 5. The average Bonchev–Trinajstić information content (AvgIpc) is 3.95. The van der Waals surface area contributed by atoms with Crippen LogP contribution in [0.15, 0.2) is 77.6 Å². The molecule has 0 radical (unpaired) electrons. The van der Waals surface area contributed by atoms with E-state index in [1.807, 2.05) is 22.4 Å². The van der Waals surface area contributed by atoms with Crippen molar-refractivity contribution < 1.29 is 42.9 Å². The largest absolute Gasteiger partial charge is 0.482 e. The van der Waals surface area contributed by atoms with Gasteiger partial charge in [0.15, 0.2) is 6.61 Å². The second-order valence-corrected chi connectivity index (χ2v) is 14.3. The third-order valence-corrected chi connectivity index (χ3v) is 9.77. The number of carbonyl (C=O) groups is 5. The maximum Gasteiger partial charge on any atom is 0.262 e. The number of nitrogens with two attached hydrogens (primary N) is 1. The summed E-state index contributed by atoms with van der Waals surface area (Å²) in [5.41, 5.74) is 11.6. The zero-order chi connectivity index (χ0) is 40.7. The molecule has 1 aliphatic heterocycles. The Bertz CT molecular complexity index is 2030. The molecule has 1 aliphatic carbocycles. The molecule has 2 aliphatic rings. The van der Waals surface area contributed by atoms with Gasteiger partial charge in [0.05, 0.1) is 62.6 Å². The van der Waals surface area contributed by atoms with Crippen molar-refractivity contribution >= 4 is 52.2 Å². The van der Waals surface area contributed by atoms with Crippen molar-refractivity contribution in [2.45, 2.75) is 37.9 Å². The minimum atomic E-state index is -0.655. The van der Waals surface area contributed by atoms with E-state index in [0.717, 1.165) is 24.1 Å². The van der Waals surface area contributed by atoms with Crippen molar-refractivity contribution in [3.8, 4) is 5.75 Å². The summed E-state index contributed by atoms with van der Waals surface area (Å²) < 4.78 is 22.0. The molecule has 4 aromatic rings. The van der Waals surface area contributed by atoms with Crippen LogP contribution in [0.5, 0.6) is 5.75 Å². The fraction of sp³-hybridized carbons (Fsp3) is 0.366. The first-order valence-electron chi connectivity index (χ1n) is 19.0. The van der Waals surface area contributed by atoms with E-state index in [1.54, 1.807) is 60.1 Å². The Morgan fingerprint density at radius 3 is 2.28 bits per heavy atom. The number of benzene rings is 3. The highest BCUT2D eigenvalue weighted by Crippen LogP contribution is 2.33. The lowest BCUT2D eigenvalue weighted by Crippen LogP contribution is -2.43. The maximum absolute atomic E-state index is 13.5. The molecule has 17 heteroatoms. The van der Waals surface area contributed by atoms with Gasteiger partial charge in [0.1, 0.15) is 5.75 Å². The summed E-state index contributed by atoms with van der Waals surface area (Å²) in [5.74, 6) is -0.790. The molecule has 6 rings (SSSR count). The third kappa shape index (κ3) is 12.6. The Hall–Kier alpha value is -5.72. The van der Waals surface area contributed by atoms with Gasteiger partial charge in [-0.3, -0.25) is 24.0 Å². The third-order valence-electron chi connectivity index (χ3n) is 9.13. The molecule has 0 spiro atoms. The highest BCUT2D eigenvalue weighted by molar-refractivity contribution is 7.07. The van der Waals surface area contributed by atoms with E-state index >= 15 is 0 Å². The second-order valence-electron chi connectivity index (χ2n) is 13.6. The molecule has 1 fully saturated rings. The van der Waals surface area contributed by atoms with Gasteiger partial charge in [-0.1, -0.05) is 18.2 Å². The highest BCUT2D eigenvalue weighted by Gasteiger charge is 2.33. The number of nitrogens with one attached hydrogen (secondary N) is 4. The Labute approximate surface area is 339 Å². The molecule has 0 bridgehead atoms. The van der Waals surface area contributed by atoms with E-state index < -0.39 is 6.04 Å². The van der Waals surface area contributed by atoms with Crippen molar-refractivity contribution in [2.24, 2.45) is 5.73 Å². The predicted octanol–water partition coefficient (Wildman–Crippen LogP) is 3.00. The van der Waals surface area contributed by atoms with Gasteiger partial charge in [0.2, 0.25) is 5.91 Å². The number of fused-ring (bicyclic) bond motifs is 1. The van der Waals surface area contributed by atoms with Crippen molar-refractivity contribution in [3.63, 3.8) is 0 Å². The Balaban J connectivity index is 0.834. The lowest BCUT2D eigenvalue weighted by atomic mass is 10.1. The molecule has 58 heavy (non-hydrogen) atoms. The molecule has 1 atom stereocenters. The Morgan fingerprint density at radius 2 is 1.57 bits per heavy atom. The van der Waals surface area contributed by atoms with Crippen LogP contribution < -0.4 is 31.7 Å². The van der Waals surface area contributed by atoms with Gasteiger partial charge in [-0.15, -0.1) is 11.3 Å². The van der Waals surface area contributed by atoms with E-state index in [4.69, 9.17) is 24.7 Å². The summed E-state index contributed by atoms with van der Waals surface area (Å²) in [6, 6.07) is 18.2. The molecule has 1 unspecified atom stereocenters. The maximum atomic E-state index is 13.5. The number of hydrogen-bond donors (Lipinski definition) is 5. The van der Waals surface area contributed by atoms with Gasteiger partial charge in [-0.05, 0) is 66.9 Å². The monoisotopic (exact) mass is 813 g/mol. The van der Waals surface area contributed by atoms with Gasteiger partial charge in [0, 0.05) is 59.9 Å². The normalized spacial score (nSPS) is 13.7. The zero-order valence-electron chi connectivity index (χ0n) is 31.9. The van der Waals surface area contributed by atoms with E-state index in [-0.39, 0.29) is 48.7 Å². The van der Waals surface area contributed by atoms with Crippen LogP contribution in [0.25, 0.3) is 0 Å². The summed E-state index contributed by atoms with van der Waals surface area (Å²) in [5, 5.41) is 13.0. The number of hydrogen-bond acceptors (Lipinski definition) is 12. The van der Waals surface area contributed by atoms with Crippen LogP contribution in [-0.4, -0.2) is 111 Å². The van der Waals surface area contributed by atoms with Crippen molar-refractivity contribution in [3.05, 3.63) is 106 Å². The number of anilines is 2. The van der Waals surface area contributed by atoms with E-state index in [2.05, 4.69) is 26.3 Å². The van der Waals surface area contributed by atoms with E-state index in [9.17, 15) is 24.0 Å². The molecule has 1 saturated carbocycles. The summed E-state index contributed by atoms with van der Waals surface area (Å²) in [7, 11) is 0. The number of aromatic nitrogens is 1. The molecule has 3 aromatic carbocycles. The molecule has 1 aromatic heterocycles. The predicted molar refractivity (Wildman–Crippen MR) is 216 cm³/mol. The summed E-state index contributed by atoms with van der Waals surface area (Å²) in [6.07, 6.45) is 2.23. The second kappa shape index (κ2) is 21.2. The van der Waals surface area contributed by atoms with Crippen LogP contribution in [-0.2, 0) is 36.8 Å². The quantitative estimate of drug-likeness (QED) is 0.0728. The first kappa shape index (κ1) is 41.9. The fourth-order valence-electron chi connectivity index (χ4n) is 5.94. The van der Waals surface area contributed by atoms with Crippen LogP contribution in [0.2, 0.25) is 0 Å². The topological polar surface area (TPSA) is 213 Å². The van der Waals surface area contributed by atoms with Crippen LogP contribution >= 0.6 is 11.3 Å². The molecular formula is C41H47N7O9S. The molecule has 0 saturated heterocycles. The molecular weight excluding hydrogens is 767 g/mol. The van der Waals surface area contributed by atoms with Crippen molar-refractivity contribution in [2.75, 3.05) is 70.0 Å². The zero-order valence-corrected chi connectivity index (χ0v) is 32.7. The fourth-order valence-corrected chi connectivity index (χ4v) is 6.51. The molecule has 306 valence electrons. The lowest BCUT2D eigenvalue weighted by Gasteiger charge is -2.24. The SMILES string of the molecule is NC(Cc1cscn1)C(=O)NCCOCCOCCOCCNC(=O)c1cccc(NC(=O)c2ccc(CN(C(=O)c3ccc4c(c3)OCC(=O)N4)C3CC3)cc2)c1. The first-order valence-corrected chi connectivity index (χ1v) is 20.0. The summed E-state index contributed by atoms with van der Waals surface area (Å²) in [6.45, 7) is 2.98.